The third kappa shape index (κ3) is 3.93. The molecule has 1 amide bonds. The largest absolute Gasteiger partial charge is 0.444 e. The molecule has 2 N–H and O–H groups in total. The van der Waals surface area contributed by atoms with Crippen molar-refractivity contribution in [2.24, 2.45) is 5.41 Å². The Labute approximate surface area is 176 Å². The molecule has 9 nitrogen and oxygen atoms in total. The molecule has 1 aliphatic carbocycles. The van der Waals surface area contributed by atoms with Crippen molar-refractivity contribution in [1.29, 1.82) is 0 Å². The van der Waals surface area contributed by atoms with Gasteiger partial charge in [0.25, 0.3) is 0 Å². The Morgan fingerprint density at radius 2 is 2.07 bits per heavy atom. The molecular formula is C21H29N7O2. The van der Waals surface area contributed by atoms with E-state index in [4.69, 9.17) is 4.74 Å². The van der Waals surface area contributed by atoms with Crippen LogP contribution in [0.2, 0.25) is 0 Å². The standard InChI is InChI=1S/C21H29N7O2/c1-20(2,3)30-19(29)27-9-7-21(11-27)12-28(13-21)18-22-8-6-16(24-18)23-17-10-15(25-26-17)14-4-5-14/h6,8,10,14H,4-5,7,9,11-13H2,1-3H3,(H2,22,23,24,25,26). The highest BCUT2D eigenvalue weighted by atomic mass is 16.6. The smallest absolute Gasteiger partial charge is 0.410 e. The van der Waals surface area contributed by atoms with Crippen LogP contribution in [0.5, 0.6) is 0 Å². The molecule has 2 aliphatic heterocycles. The van der Waals surface area contributed by atoms with E-state index in [0.29, 0.717) is 11.9 Å². The number of nitrogens with zero attached hydrogens (tertiary/aromatic N) is 5. The molecular weight excluding hydrogens is 382 g/mol. The predicted octanol–water partition coefficient (Wildman–Crippen LogP) is 3.27. The van der Waals surface area contributed by atoms with E-state index < -0.39 is 5.60 Å². The number of carbonyl (C=O) groups is 1. The van der Waals surface area contributed by atoms with Gasteiger partial charge in [0.1, 0.15) is 11.4 Å². The fraction of sp³-hybridized carbons (Fsp3) is 0.619. The number of hydrogen-bond donors (Lipinski definition) is 2. The highest BCUT2D eigenvalue weighted by Gasteiger charge is 2.50. The van der Waals surface area contributed by atoms with Gasteiger partial charge in [-0.25, -0.2) is 9.78 Å². The molecule has 160 valence electrons. The van der Waals surface area contributed by atoms with Gasteiger partial charge in [0.15, 0.2) is 5.82 Å². The summed E-state index contributed by atoms with van der Waals surface area (Å²) in [6.07, 6.45) is 5.01. The second kappa shape index (κ2) is 6.85. The van der Waals surface area contributed by atoms with Crippen LogP contribution in [0.3, 0.4) is 0 Å². The molecule has 4 heterocycles. The van der Waals surface area contributed by atoms with Gasteiger partial charge in [0.2, 0.25) is 5.95 Å². The fourth-order valence-electron chi connectivity index (χ4n) is 4.29. The number of carbonyl (C=O) groups excluding carboxylic acids is 1. The molecule has 1 saturated carbocycles. The van der Waals surface area contributed by atoms with Gasteiger partial charge < -0.3 is 19.9 Å². The first-order valence-corrected chi connectivity index (χ1v) is 10.7. The maximum absolute atomic E-state index is 12.4. The second-order valence-electron chi connectivity index (χ2n) is 9.86. The Morgan fingerprint density at radius 1 is 1.27 bits per heavy atom. The van der Waals surface area contributed by atoms with E-state index in [-0.39, 0.29) is 11.5 Å². The quantitative estimate of drug-likeness (QED) is 0.796. The van der Waals surface area contributed by atoms with Crippen molar-refractivity contribution in [2.45, 2.75) is 51.6 Å². The van der Waals surface area contributed by atoms with E-state index in [9.17, 15) is 4.79 Å². The van der Waals surface area contributed by atoms with Crippen molar-refractivity contribution in [3.63, 3.8) is 0 Å². The highest BCUT2D eigenvalue weighted by molar-refractivity contribution is 5.69. The fourth-order valence-corrected chi connectivity index (χ4v) is 4.29. The lowest BCUT2D eigenvalue weighted by Crippen LogP contribution is -2.58. The van der Waals surface area contributed by atoms with Crippen LogP contribution < -0.4 is 10.2 Å². The van der Waals surface area contributed by atoms with Crippen LogP contribution in [-0.2, 0) is 4.74 Å². The Balaban J connectivity index is 1.18. The topological polar surface area (TPSA) is 99.3 Å². The average molecular weight is 412 g/mol. The number of H-pyrrole nitrogens is 1. The van der Waals surface area contributed by atoms with Crippen molar-refractivity contribution in [3.8, 4) is 0 Å². The van der Waals surface area contributed by atoms with Crippen LogP contribution in [0.15, 0.2) is 18.3 Å². The molecule has 9 heteroatoms. The average Bonchev–Trinajstić information content (AvgIpc) is 3.22. The van der Waals surface area contributed by atoms with Gasteiger partial charge in [-0.15, -0.1) is 0 Å². The van der Waals surface area contributed by atoms with Crippen LogP contribution in [0.4, 0.5) is 22.4 Å². The summed E-state index contributed by atoms with van der Waals surface area (Å²) in [5.41, 5.74) is 0.839. The van der Waals surface area contributed by atoms with Crippen molar-refractivity contribution < 1.29 is 9.53 Å². The van der Waals surface area contributed by atoms with Gasteiger partial charge in [-0.1, -0.05) is 0 Å². The summed E-state index contributed by atoms with van der Waals surface area (Å²) in [6.45, 7) is 8.87. The lowest BCUT2D eigenvalue weighted by atomic mass is 9.79. The van der Waals surface area contributed by atoms with Crippen LogP contribution in [-0.4, -0.2) is 62.9 Å². The summed E-state index contributed by atoms with van der Waals surface area (Å²) in [5.74, 6) is 2.86. The zero-order valence-corrected chi connectivity index (χ0v) is 17.8. The van der Waals surface area contributed by atoms with Crippen LogP contribution in [0.25, 0.3) is 0 Å². The Hall–Kier alpha value is -2.84. The molecule has 3 aliphatic rings. The zero-order valence-electron chi connectivity index (χ0n) is 17.8. The number of aromatic amines is 1. The minimum atomic E-state index is -0.465. The number of aromatic nitrogens is 4. The lowest BCUT2D eigenvalue weighted by molar-refractivity contribution is 0.0265. The molecule has 0 atom stereocenters. The number of rotatable bonds is 4. The molecule has 2 aromatic rings. The molecule has 0 unspecified atom stereocenters. The lowest BCUT2D eigenvalue weighted by Gasteiger charge is -2.47. The first-order chi connectivity index (χ1) is 14.3. The van der Waals surface area contributed by atoms with Gasteiger partial charge in [0.05, 0.1) is 0 Å². The molecule has 1 spiro atoms. The minimum Gasteiger partial charge on any atom is -0.444 e. The van der Waals surface area contributed by atoms with Crippen LogP contribution in [0.1, 0.15) is 51.6 Å². The molecule has 2 aromatic heterocycles. The van der Waals surface area contributed by atoms with E-state index in [1.54, 1.807) is 6.20 Å². The van der Waals surface area contributed by atoms with Gasteiger partial charge >= 0.3 is 6.09 Å². The monoisotopic (exact) mass is 411 g/mol. The first-order valence-electron chi connectivity index (χ1n) is 10.7. The highest BCUT2D eigenvalue weighted by Crippen LogP contribution is 2.42. The summed E-state index contributed by atoms with van der Waals surface area (Å²) >= 11 is 0. The maximum atomic E-state index is 12.4. The van der Waals surface area contributed by atoms with Crippen molar-refractivity contribution in [3.05, 3.63) is 24.0 Å². The van der Waals surface area contributed by atoms with Crippen molar-refractivity contribution in [2.75, 3.05) is 36.4 Å². The third-order valence-corrected chi connectivity index (χ3v) is 5.94. The van der Waals surface area contributed by atoms with E-state index in [0.717, 1.165) is 44.2 Å². The number of hydrogen-bond acceptors (Lipinski definition) is 7. The van der Waals surface area contributed by atoms with Crippen LogP contribution in [0, 0.1) is 5.41 Å². The van der Waals surface area contributed by atoms with E-state index in [1.807, 2.05) is 31.7 Å². The number of anilines is 3. The minimum absolute atomic E-state index is 0.116. The normalized spacial score (nSPS) is 20.4. The summed E-state index contributed by atoms with van der Waals surface area (Å²) < 4.78 is 5.52. The molecule has 3 fully saturated rings. The SMILES string of the molecule is CC(C)(C)OC(=O)N1CCC2(C1)CN(c1nccc(Nc3cc(C4CC4)[nH]n3)n1)C2. The molecule has 5 rings (SSSR count). The van der Waals surface area contributed by atoms with Gasteiger partial charge in [0, 0.05) is 55.5 Å². The predicted molar refractivity (Wildman–Crippen MR) is 113 cm³/mol. The molecule has 0 bridgehead atoms. The zero-order chi connectivity index (χ0) is 20.9. The van der Waals surface area contributed by atoms with Crippen molar-refractivity contribution in [1.82, 2.24) is 25.1 Å². The molecule has 0 radical (unpaired) electrons. The number of ether oxygens (including phenoxy) is 1. The second-order valence-corrected chi connectivity index (χ2v) is 9.86. The molecule has 2 saturated heterocycles. The van der Waals surface area contributed by atoms with Crippen LogP contribution >= 0.6 is 0 Å². The summed E-state index contributed by atoms with van der Waals surface area (Å²) in [5, 5.41) is 10.7. The summed E-state index contributed by atoms with van der Waals surface area (Å²) in [4.78, 5) is 25.5. The van der Waals surface area contributed by atoms with E-state index in [2.05, 4.69) is 36.4 Å². The summed E-state index contributed by atoms with van der Waals surface area (Å²) in [6, 6.07) is 3.91. The molecule has 30 heavy (non-hydrogen) atoms. The number of likely N-dealkylation sites (tertiary alicyclic amines) is 1. The van der Waals surface area contributed by atoms with E-state index >= 15 is 0 Å². The van der Waals surface area contributed by atoms with E-state index in [1.165, 1.54) is 18.5 Å². The summed E-state index contributed by atoms with van der Waals surface area (Å²) in [7, 11) is 0. The first kappa shape index (κ1) is 19.1. The number of amides is 1. The van der Waals surface area contributed by atoms with Crippen molar-refractivity contribution >= 4 is 23.7 Å². The molecule has 0 aromatic carbocycles. The Morgan fingerprint density at radius 3 is 2.80 bits per heavy atom. The maximum Gasteiger partial charge on any atom is 0.410 e. The number of nitrogens with one attached hydrogen (secondary N) is 2. The van der Waals surface area contributed by atoms with Gasteiger partial charge in [-0.05, 0) is 46.1 Å². The third-order valence-electron chi connectivity index (χ3n) is 5.94. The Bertz CT molecular complexity index is 941. The Kier molecular flexibility index (Phi) is 4.37. The van der Waals surface area contributed by atoms with Gasteiger partial charge in [-0.3, -0.25) is 5.10 Å². The van der Waals surface area contributed by atoms with Gasteiger partial charge in [-0.2, -0.15) is 10.1 Å².